The number of fused-ring (bicyclic) bond motifs is 2. The topological polar surface area (TPSA) is 3.24 Å². The number of hydrogen-bond donors (Lipinski definition) is 0. The Morgan fingerprint density at radius 1 is 0.826 bits per heavy atom. The highest BCUT2D eigenvalue weighted by Gasteiger charge is 2.46. The van der Waals surface area contributed by atoms with E-state index < -0.39 is 0 Å². The van der Waals surface area contributed by atoms with Crippen LogP contribution >= 0.6 is 0 Å². The van der Waals surface area contributed by atoms with Crippen LogP contribution in [0.15, 0.2) is 48.5 Å². The minimum Gasteiger partial charge on any atom is -0.300 e. The number of nitrogens with zero attached hydrogens (tertiary/aromatic N) is 1. The van der Waals surface area contributed by atoms with Crippen molar-refractivity contribution < 1.29 is 8.78 Å². The van der Waals surface area contributed by atoms with Gasteiger partial charge in [-0.15, -0.1) is 0 Å². The zero-order chi connectivity index (χ0) is 16.0. The molecule has 2 saturated heterocycles. The van der Waals surface area contributed by atoms with Crippen LogP contribution in [0.3, 0.4) is 0 Å². The van der Waals surface area contributed by atoms with Gasteiger partial charge in [0.25, 0.3) is 0 Å². The molecule has 4 rings (SSSR count). The third-order valence-electron chi connectivity index (χ3n) is 5.82. The fraction of sp³-hybridized carbons (Fsp3) is 0.400. The maximum atomic E-state index is 13.3. The Balaban J connectivity index is 1.76. The summed E-state index contributed by atoms with van der Waals surface area (Å²) in [5.74, 6) is 0.322. The number of benzene rings is 2. The Morgan fingerprint density at radius 3 is 2.00 bits per heavy atom. The quantitative estimate of drug-likeness (QED) is 0.777. The van der Waals surface area contributed by atoms with E-state index in [2.05, 4.69) is 11.9 Å². The molecule has 0 aliphatic carbocycles. The monoisotopic (exact) mass is 313 g/mol. The van der Waals surface area contributed by atoms with Gasteiger partial charge in [0.05, 0.1) is 0 Å². The van der Waals surface area contributed by atoms with Crippen LogP contribution in [0.2, 0.25) is 0 Å². The highest BCUT2D eigenvalue weighted by atomic mass is 19.1. The summed E-state index contributed by atoms with van der Waals surface area (Å²) >= 11 is 0. The van der Waals surface area contributed by atoms with Gasteiger partial charge in [-0.25, -0.2) is 8.78 Å². The average molecular weight is 313 g/mol. The van der Waals surface area contributed by atoms with Crippen LogP contribution in [0, 0.1) is 11.6 Å². The van der Waals surface area contributed by atoms with E-state index in [1.165, 1.54) is 24.0 Å². The first-order chi connectivity index (χ1) is 11.1. The summed E-state index contributed by atoms with van der Waals surface area (Å²) in [6, 6.07) is 15.0. The fourth-order valence-corrected chi connectivity index (χ4v) is 4.66. The summed E-state index contributed by atoms with van der Waals surface area (Å²) in [6.07, 6.45) is 3.48. The minimum atomic E-state index is -0.194. The second kappa shape index (κ2) is 5.72. The van der Waals surface area contributed by atoms with E-state index in [-0.39, 0.29) is 11.6 Å². The molecule has 2 aliphatic rings. The molecule has 0 unspecified atom stereocenters. The highest BCUT2D eigenvalue weighted by Crippen LogP contribution is 2.50. The van der Waals surface area contributed by atoms with Crippen molar-refractivity contribution >= 4 is 0 Å². The number of rotatable bonds is 2. The summed E-state index contributed by atoms with van der Waals surface area (Å²) in [5, 5.41) is 0. The standard InChI is InChI=1S/C20H21F2N/c1-23-17-10-11-19(23)20(14-4-8-16(22)9-5-14)18(12-17)13-2-6-15(21)7-3-13/h2-9,17-20H,10-12H2,1H3/t17-,18-,19+,20-/m0/s1. The van der Waals surface area contributed by atoms with E-state index in [1.807, 2.05) is 24.3 Å². The van der Waals surface area contributed by atoms with E-state index in [1.54, 1.807) is 24.3 Å². The molecule has 2 heterocycles. The van der Waals surface area contributed by atoms with Crippen molar-refractivity contribution in [3.8, 4) is 0 Å². The van der Waals surface area contributed by atoms with E-state index in [0.29, 0.717) is 23.9 Å². The number of piperidine rings is 1. The van der Waals surface area contributed by atoms with Gasteiger partial charge in [0.1, 0.15) is 11.6 Å². The van der Waals surface area contributed by atoms with Gasteiger partial charge in [0, 0.05) is 18.0 Å². The van der Waals surface area contributed by atoms with Crippen LogP contribution < -0.4 is 0 Å². The number of halogens is 2. The molecule has 4 atom stereocenters. The Labute approximate surface area is 135 Å². The molecule has 0 amide bonds. The summed E-state index contributed by atoms with van der Waals surface area (Å²) in [7, 11) is 2.21. The maximum Gasteiger partial charge on any atom is 0.123 e. The Bertz CT molecular complexity index is 680. The van der Waals surface area contributed by atoms with Crippen LogP contribution in [-0.4, -0.2) is 24.0 Å². The molecular weight excluding hydrogens is 292 g/mol. The van der Waals surface area contributed by atoms with Gasteiger partial charge in [-0.3, -0.25) is 4.90 Å². The first kappa shape index (κ1) is 14.8. The molecule has 23 heavy (non-hydrogen) atoms. The number of likely N-dealkylation sites (N-methyl/N-ethyl adjacent to an activating group) is 1. The lowest BCUT2D eigenvalue weighted by Crippen LogP contribution is -2.44. The fourth-order valence-electron chi connectivity index (χ4n) is 4.66. The van der Waals surface area contributed by atoms with Crippen LogP contribution in [0.4, 0.5) is 8.78 Å². The van der Waals surface area contributed by atoms with Gasteiger partial charge in [0.15, 0.2) is 0 Å². The molecule has 0 radical (unpaired) electrons. The van der Waals surface area contributed by atoms with E-state index >= 15 is 0 Å². The largest absolute Gasteiger partial charge is 0.300 e. The smallest absolute Gasteiger partial charge is 0.123 e. The SMILES string of the molecule is CN1[C@H]2CC[C@@H]1[C@@H](c1ccc(F)cc1)[C@H](c1ccc(F)cc1)C2. The second-order valence-corrected chi connectivity index (χ2v) is 6.94. The zero-order valence-electron chi connectivity index (χ0n) is 13.3. The molecule has 2 aromatic rings. The van der Waals surface area contributed by atoms with E-state index in [9.17, 15) is 8.78 Å². The first-order valence-corrected chi connectivity index (χ1v) is 8.36. The Hall–Kier alpha value is -1.74. The summed E-state index contributed by atoms with van der Waals surface area (Å²) in [6.45, 7) is 0. The Kier molecular flexibility index (Phi) is 3.68. The predicted molar refractivity (Wildman–Crippen MR) is 87.5 cm³/mol. The van der Waals surface area contributed by atoms with Crippen LogP contribution in [0.1, 0.15) is 42.2 Å². The molecule has 2 bridgehead atoms. The molecule has 0 saturated carbocycles. The highest BCUT2D eigenvalue weighted by molar-refractivity contribution is 5.33. The molecule has 3 heteroatoms. The van der Waals surface area contributed by atoms with Gasteiger partial charge in [0.2, 0.25) is 0 Å². The van der Waals surface area contributed by atoms with Gasteiger partial charge < -0.3 is 0 Å². The predicted octanol–water partition coefficient (Wildman–Crippen LogP) is 4.70. The Morgan fingerprint density at radius 2 is 1.39 bits per heavy atom. The van der Waals surface area contributed by atoms with Gasteiger partial charge >= 0.3 is 0 Å². The second-order valence-electron chi connectivity index (χ2n) is 6.94. The van der Waals surface area contributed by atoms with Crippen LogP contribution in [0.5, 0.6) is 0 Å². The summed E-state index contributed by atoms with van der Waals surface area (Å²) in [4.78, 5) is 2.49. The lowest BCUT2D eigenvalue weighted by molar-refractivity contribution is 0.137. The molecule has 1 nitrogen and oxygen atoms in total. The van der Waals surface area contributed by atoms with Crippen LogP contribution in [0.25, 0.3) is 0 Å². The van der Waals surface area contributed by atoms with Crippen molar-refractivity contribution in [2.45, 2.75) is 43.2 Å². The lowest BCUT2D eigenvalue weighted by atomic mass is 9.73. The van der Waals surface area contributed by atoms with Gasteiger partial charge in [-0.2, -0.15) is 0 Å². The van der Waals surface area contributed by atoms with Crippen molar-refractivity contribution in [1.29, 1.82) is 0 Å². The lowest BCUT2D eigenvalue weighted by Gasteiger charge is -2.43. The van der Waals surface area contributed by atoms with Crippen molar-refractivity contribution in [1.82, 2.24) is 4.90 Å². The molecular formula is C20H21F2N. The molecule has 0 spiro atoms. The normalized spacial score (nSPS) is 30.6. The third kappa shape index (κ3) is 2.57. The molecule has 0 N–H and O–H groups in total. The van der Waals surface area contributed by atoms with Crippen molar-refractivity contribution in [2.75, 3.05) is 7.05 Å². The van der Waals surface area contributed by atoms with Crippen LogP contribution in [-0.2, 0) is 0 Å². The summed E-state index contributed by atoms with van der Waals surface area (Å²) < 4.78 is 26.6. The molecule has 120 valence electrons. The van der Waals surface area contributed by atoms with E-state index in [0.717, 1.165) is 6.42 Å². The van der Waals surface area contributed by atoms with E-state index in [4.69, 9.17) is 0 Å². The average Bonchev–Trinajstić information content (AvgIpc) is 2.80. The van der Waals surface area contributed by atoms with Crippen molar-refractivity contribution in [3.05, 3.63) is 71.3 Å². The summed E-state index contributed by atoms with van der Waals surface area (Å²) in [5.41, 5.74) is 2.39. The van der Waals surface area contributed by atoms with Crippen molar-refractivity contribution in [3.63, 3.8) is 0 Å². The molecule has 2 aromatic carbocycles. The minimum absolute atomic E-state index is 0.192. The van der Waals surface area contributed by atoms with Gasteiger partial charge in [-0.1, -0.05) is 24.3 Å². The van der Waals surface area contributed by atoms with Gasteiger partial charge in [-0.05, 0) is 67.6 Å². The third-order valence-corrected chi connectivity index (χ3v) is 5.82. The number of hydrogen-bond acceptors (Lipinski definition) is 1. The molecule has 2 aliphatic heterocycles. The van der Waals surface area contributed by atoms with Crippen molar-refractivity contribution in [2.24, 2.45) is 0 Å². The molecule has 2 fully saturated rings. The zero-order valence-corrected chi connectivity index (χ0v) is 13.3. The maximum absolute atomic E-state index is 13.3. The first-order valence-electron chi connectivity index (χ1n) is 8.36. The molecule has 0 aromatic heterocycles.